The Morgan fingerprint density at radius 2 is 2.22 bits per heavy atom. The van der Waals surface area contributed by atoms with Crippen molar-refractivity contribution in [3.05, 3.63) is 0 Å². The summed E-state index contributed by atoms with van der Waals surface area (Å²) < 4.78 is 0. The lowest BCUT2D eigenvalue weighted by Crippen LogP contribution is -2.48. The van der Waals surface area contributed by atoms with Gasteiger partial charge in [-0.15, -0.1) is 0 Å². The van der Waals surface area contributed by atoms with E-state index in [1.807, 2.05) is 0 Å². The summed E-state index contributed by atoms with van der Waals surface area (Å²) in [7, 11) is 0. The molecular formula is C15H30N2O. The molecule has 1 saturated heterocycles. The van der Waals surface area contributed by atoms with Gasteiger partial charge in [0.05, 0.1) is 0 Å². The highest BCUT2D eigenvalue weighted by Crippen LogP contribution is 2.16. The minimum Gasteiger partial charge on any atom is -0.354 e. The molecule has 0 bridgehead atoms. The van der Waals surface area contributed by atoms with E-state index in [1.165, 1.54) is 19.3 Å². The Kier molecular flexibility index (Phi) is 7.33. The third kappa shape index (κ3) is 4.97. The molecule has 0 saturated carbocycles. The molecule has 1 heterocycles. The lowest BCUT2D eigenvalue weighted by molar-refractivity contribution is -0.125. The number of hydrogen-bond donors (Lipinski definition) is 2. The summed E-state index contributed by atoms with van der Waals surface area (Å²) in [5.41, 5.74) is 0. The highest BCUT2D eigenvalue weighted by Gasteiger charge is 2.22. The van der Waals surface area contributed by atoms with Crippen LogP contribution in [0.5, 0.6) is 0 Å². The fourth-order valence-corrected chi connectivity index (χ4v) is 2.71. The van der Waals surface area contributed by atoms with E-state index in [0.717, 1.165) is 32.4 Å². The van der Waals surface area contributed by atoms with Crippen LogP contribution < -0.4 is 10.6 Å². The number of unbranched alkanes of at least 4 members (excludes halogenated alkanes) is 1. The normalized spacial score (nSPS) is 25.7. The zero-order chi connectivity index (χ0) is 13.4. The van der Waals surface area contributed by atoms with Gasteiger partial charge in [-0.3, -0.25) is 4.79 Å². The molecule has 3 heteroatoms. The van der Waals surface area contributed by atoms with Gasteiger partial charge in [-0.1, -0.05) is 33.6 Å². The van der Waals surface area contributed by atoms with Crippen LogP contribution in [-0.2, 0) is 4.79 Å². The van der Waals surface area contributed by atoms with E-state index in [9.17, 15) is 4.79 Å². The van der Waals surface area contributed by atoms with Crippen LogP contribution in [-0.4, -0.2) is 25.0 Å². The molecule has 1 fully saturated rings. The Labute approximate surface area is 112 Å². The molecule has 1 aliphatic rings. The van der Waals surface area contributed by atoms with Gasteiger partial charge < -0.3 is 10.6 Å². The molecule has 0 spiro atoms. The molecule has 0 aromatic carbocycles. The number of hydrogen-bond acceptors (Lipinski definition) is 2. The number of amides is 1. The molecule has 0 aliphatic carbocycles. The van der Waals surface area contributed by atoms with Crippen molar-refractivity contribution in [2.75, 3.05) is 13.1 Å². The predicted octanol–water partition coefficient (Wildman–Crippen LogP) is 2.71. The maximum Gasteiger partial charge on any atom is 0.223 e. The van der Waals surface area contributed by atoms with Crippen LogP contribution in [0.4, 0.5) is 0 Å². The average Bonchev–Trinajstić information content (AvgIpc) is 2.38. The van der Waals surface area contributed by atoms with Crippen LogP contribution >= 0.6 is 0 Å². The lowest BCUT2D eigenvalue weighted by Gasteiger charge is -2.30. The van der Waals surface area contributed by atoms with Gasteiger partial charge in [0, 0.05) is 18.5 Å². The first-order valence-corrected chi connectivity index (χ1v) is 7.70. The monoisotopic (exact) mass is 254 g/mol. The summed E-state index contributed by atoms with van der Waals surface area (Å²) in [6.45, 7) is 8.46. The maximum absolute atomic E-state index is 12.1. The summed E-state index contributed by atoms with van der Waals surface area (Å²) in [6, 6.07) is 0.464. The SMILES string of the molecule is CCCCC(CC)C(=O)NCC1NCCCC1C. The van der Waals surface area contributed by atoms with Crippen LogP contribution in [0.3, 0.4) is 0 Å². The fourth-order valence-electron chi connectivity index (χ4n) is 2.71. The third-order valence-corrected chi connectivity index (χ3v) is 4.20. The third-order valence-electron chi connectivity index (χ3n) is 4.20. The van der Waals surface area contributed by atoms with Crippen LogP contribution in [0.25, 0.3) is 0 Å². The maximum atomic E-state index is 12.1. The van der Waals surface area contributed by atoms with Crippen molar-refractivity contribution in [3.63, 3.8) is 0 Å². The molecule has 0 aromatic heterocycles. The number of carbonyl (C=O) groups is 1. The van der Waals surface area contributed by atoms with E-state index in [0.29, 0.717) is 12.0 Å². The van der Waals surface area contributed by atoms with E-state index in [4.69, 9.17) is 0 Å². The van der Waals surface area contributed by atoms with Crippen LogP contribution in [0.1, 0.15) is 59.3 Å². The standard InChI is InChI=1S/C15H30N2O/c1-4-6-9-13(5-2)15(18)17-11-14-12(3)8-7-10-16-14/h12-14,16H,4-11H2,1-3H3,(H,17,18). The van der Waals surface area contributed by atoms with E-state index < -0.39 is 0 Å². The molecule has 1 amide bonds. The van der Waals surface area contributed by atoms with Crippen LogP contribution in [0.15, 0.2) is 0 Å². The molecule has 3 atom stereocenters. The van der Waals surface area contributed by atoms with Gasteiger partial charge in [0.2, 0.25) is 5.91 Å². The highest BCUT2D eigenvalue weighted by atomic mass is 16.1. The Morgan fingerprint density at radius 3 is 2.83 bits per heavy atom. The van der Waals surface area contributed by atoms with Crippen LogP contribution in [0.2, 0.25) is 0 Å². The van der Waals surface area contributed by atoms with Crippen molar-refractivity contribution in [2.45, 2.75) is 65.3 Å². The van der Waals surface area contributed by atoms with Gasteiger partial charge in [0.1, 0.15) is 0 Å². The molecule has 0 aromatic rings. The topological polar surface area (TPSA) is 41.1 Å². The second-order valence-corrected chi connectivity index (χ2v) is 5.67. The van der Waals surface area contributed by atoms with E-state index in [2.05, 4.69) is 31.4 Å². The van der Waals surface area contributed by atoms with Crippen molar-refractivity contribution in [2.24, 2.45) is 11.8 Å². The number of carbonyl (C=O) groups excluding carboxylic acids is 1. The first-order valence-electron chi connectivity index (χ1n) is 7.70. The summed E-state index contributed by atoms with van der Waals surface area (Å²) in [4.78, 5) is 12.1. The van der Waals surface area contributed by atoms with Crippen molar-refractivity contribution in [3.8, 4) is 0 Å². The summed E-state index contributed by atoms with van der Waals surface area (Å²) in [5.74, 6) is 1.14. The summed E-state index contributed by atoms with van der Waals surface area (Å²) >= 11 is 0. The lowest BCUT2D eigenvalue weighted by atomic mass is 9.92. The Balaban J connectivity index is 2.29. The second-order valence-electron chi connectivity index (χ2n) is 5.67. The molecular weight excluding hydrogens is 224 g/mol. The van der Waals surface area contributed by atoms with Crippen molar-refractivity contribution in [1.82, 2.24) is 10.6 Å². The smallest absolute Gasteiger partial charge is 0.223 e. The zero-order valence-electron chi connectivity index (χ0n) is 12.3. The molecule has 1 aliphatic heterocycles. The number of piperidine rings is 1. The second kappa shape index (κ2) is 8.52. The molecule has 2 N–H and O–H groups in total. The fraction of sp³-hybridized carbons (Fsp3) is 0.933. The first kappa shape index (κ1) is 15.5. The van der Waals surface area contributed by atoms with Crippen molar-refractivity contribution in [1.29, 1.82) is 0 Å². The molecule has 3 unspecified atom stereocenters. The quantitative estimate of drug-likeness (QED) is 0.733. The first-order chi connectivity index (χ1) is 8.69. The summed E-state index contributed by atoms with van der Waals surface area (Å²) in [6.07, 6.45) is 6.86. The average molecular weight is 254 g/mol. The van der Waals surface area contributed by atoms with Gasteiger partial charge in [0.25, 0.3) is 0 Å². The van der Waals surface area contributed by atoms with E-state index in [-0.39, 0.29) is 11.8 Å². The molecule has 3 nitrogen and oxygen atoms in total. The molecule has 1 rings (SSSR count). The van der Waals surface area contributed by atoms with Gasteiger partial charge in [-0.2, -0.15) is 0 Å². The van der Waals surface area contributed by atoms with Gasteiger partial charge in [0.15, 0.2) is 0 Å². The number of nitrogens with one attached hydrogen (secondary N) is 2. The van der Waals surface area contributed by atoms with E-state index >= 15 is 0 Å². The number of rotatable bonds is 7. The van der Waals surface area contributed by atoms with E-state index in [1.54, 1.807) is 0 Å². The Bertz CT molecular complexity index is 243. The molecule has 0 radical (unpaired) electrons. The van der Waals surface area contributed by atoms with Crippen LogP contribution in [0, 0.1) is 11.8 Å². The Morgan fingerprint density at radius 1 is 1.44 bits per heavy atom. The minimum absolute atomic E-state index is 0.212. The largest absolute Gasteiger partial charge is 0.354 e. The summed E-state index contributed by atoms with van der Waals surface area (Å²) in [5, 5.41) is 6.65. The minimum atomic E-state index is 0.212. The highest BCUT2D eigenvalue weighted by molar-refractivity contribution is 5.78. The van der Waals surface area contributed by atoms with Gasteiger partial charge in [-0.05, 0) is 38.1 Å². The van der Waals surface area contributed by atoms with Crippen molar-refractivity contribution >= 4 is 5.91 Å². The molecule has 106 valence electrons. The van der Waals surface area contributed by atoms with Gasteiger partial charge in [-0.25, -0.2) is 0 Å². The zero-order valence-corrected chi connectivity index (χ0v) is 12.3. The predicted molar refractivity (Wildman–Crippen MR) is 76.5 cm³/mol. The Hall–Kier alpha value is -0.570. The molecule has 18 heavy (non-hydrogen) atoms. The van der Waals surface area contributed by atoms with Crippen molar-refractivity contribution < 1.29 is 4.79 Å². The van der Waals surface area contributed by atoms with Gasteiger partial charge >= 0.3 is 0 Å².